The van der Waals surface area contributed by atoms with Gasteiger partial charge in [-0.2, -0.15) is 5.26 Å². The molecule has 0 bridgehead atoms. The van der Waals surface area contributed by atoms with Crippen molar-refractivity contribution < 1.29 is 4.79 Å². The van der Waals surface area contributed by atoms with Crippen LogP contribution in [-0.2, 0) is 6.54 Å². The second kappa shape index (κ2) is 8.10. The van der Waals surface area contributed by atoms with Crippen molar-refractivity contribution in [1.29, 1.82) is 5.26 Å². The Morgan fingerprint density at radius 3 is 2.65 bits per heavy atom. The summed E-state index contributed by atoms with van der Waals surface area (Å²) in [5.41, 5.74) is 2.11. The minimum absolute atomic E-state index is 0.177. The van der Waals surface area contributed by atoms with Crippen LogP contribution in [0.4, 0.5) is 11.5 Å². The van der Waals surface area contributed by atoms with E-state index in [0.29, 0.717) is 28.6 Å². The molecule has 1 amide bonds. The molecule has 0 aliphatic heterocycles. The fourth-order valence-corrected chi connectivity index (χ4v) is 2.44. The van der Waals surface area contributed by atoms with E-state index in [1.54, 1.807) is 36.4 Å². The summed E-state index contributed by atoms with van der Waals surface area (Å²) in [6.45, 7) is 0.501. The van der Waals surface area contributed by atoms with Crippen molar-refractivity contribution >= 4 is 29.0 Å². The van der Waals surface area contributed by atoms with Crippen molar-refractivity contribution in [2.75, 3.05) is 10.6 Å². The summed E-state index contributed by atoms with van der Waals surface area (Å²) >= 11 is 6.11. The summed E-state index contributed by atoms with van der Waals surface area (Å²) in [7, 11) is 0. The summed E-state index contributed by atoms with van der Waals surface area (Å²) < 4.78 is 0. The fourth-order valence-electron chi connectivity index (χ4n) is 2.24. The van der Waals surface area contributed by atoms with Crippen LogP contribution in [0.15, 0.2) is 60.7 Å². The number of nitrogens with zero attached hydrogens (tertiary/aromatic N) is 3. The van der Waals surface area contributed by atoms with E-state index in [-0.39, 0.29) is 5.69 Å². The number of amides is 1. The maximum Gasteiger partial charge on any atom is 0.276 e. The first kappa shape index (κ1) is 17.4. The van der Waals surface area contributed by atoms with Gasteiger partial charge in [0, 0.05) is 17.3 Å². The van der Waals surface area contributed by atoms with Crippen LogP contribution in [0.1, 0.15) is 21.6 Å². The Morgan fingerprint density at radius 2 is 1.92 bits per heavy atom. The number of hydrogen-bond donors (Lipinski definition) is 2. The largest absolute Gasteiger partial charge is 0.364 e. The predicted molar refractivity (Wildman–Crippen MR) is 99.9 cm³/mol. The number of aromatic nitrogens is 2. The lowest BCUT2D eigenvalue weighted by molar-refractivity contribution is 0.102. The zero-order valence-electron chi connectivity index (χ0n) is 13.6. The number of nitrogens with one attached hydrogen (secondary N) is 2. The Balaban J connectivity index is 1.62. The van der Waals surface area contributed by atoms with Crippen LogP contribution < -0.4 is 10.6 Å². The van der Waals surface area contributed by atoms with Gasteiger partial charge in [-0.25, -0.2) is 0 Å². The topological polar surface area (TPSA) is 90.7 Å². The van der Waals surface area contributed by atoms with Crippen LogP contribution in [0.5, 0.6) is 0 Å². The van der Waals surface area contributed by atoms with E-state index in [4.69, 9.17) is 16.9 Å². The molecule has 0 spiro atoms. The Labute approximate surface area is 155 Å². The summed E-state index contributed by atoms with van der Waals surface area (Å²) in [5.74, 6) is 0.137. The Kier molecular flexibility index (Phi) is 5.42. The number of rotatable bonds is 5. The molecule has 1 aromatic heterocycles. The maximum atomic E-state index is 12.2. The van der Waals surface area contributed by atoms with Gasteiger partial charge in [0.2, 0.25) is 0 Å². The maximum absolute atomic E-state index is 12.2. The number of carbonyl (C=O) groups is 1. The lowest BCUT2D eigenvalue weighted by Gasteiger charge is -2.08. The number of halogens is 1. The molecule has 0 aliphatic rings. The molecule has 0 radical (unpaired) electrons. The SMILES string of the molecule is N#Cc1cccc(NC(=O)c2ccc(NCc3ccccc3Cl)nn2)c1. The third-order valence-corrected chi connectivity index (χ3v) is 3.93. The zero-order chi connectivity index (χ0) is 18.4. The monoisotopic (exact) mass is 363 g/mol. The van der Waals surface area contributed by atoms with Crippen LogP contribution in [-0.4, -0.2) is 16.1 Å². The third kappa shape index (κ3) is 4.35. The third-order valence-electron chi connectivity index (χ3n) is 3.56. The Hall–Kier alpha value is -3.43. The van der Waals surface area contributed by atoms with E-state index in [1.165, 1.54) is 0 Å². The van der Waals surface area contributed by atoms with Gasteiger partial charge < -0.3 is 10.6 Å². The molecular formula is C19H14ClN5O. The molecular weight excluding hydrogens is 350 g/mol. The molecule has 2 aromatic carbocycles. The van der Waals surface area contributed by atoms with Gasteiger partial charge in [-0.3, -0.25) is 4.79 Å². The highest BCUT2D eigenvalue weighted by molar-refractivity contribution is 6.31. The molecule has 7 heteroatoms. The van der Waals surface area contributed by atoms with Crippen molar-refractivity contribution in [3.63, 3.8) is 0 Å². The highest BCUT2D eigenvalue weighted by atomic mass is 35.5. The van der Waals surface area contributed by atoms with Crippen LogP contribution in [0.2, 0.25) is 5.02 Å². The lowest BCUT2D eigenvalue weighted by atomic mass is 10.2. The van der Waals surface area contributed by atoms with Crippen LogP contribution in [0.25, 0.3) is 0 Å². The van der Waals surface area contributed by atoms with Gasteiger partial charge in [-0.05, 0) is 42.0 Å². The molecule has 0 saturated carbocycles. The number of nitriles is 1. The molecule has 2 N–H and O–H groups in total. The second-order valence-electron chi connectivity index (χ2n) is 5.40. The number of hydrogen-bond acceptors (Lipinski definition) is 5. The summed E-state index contributed by atoms with van der Waals surface area (Å²) in [5, 5.41) is 23.3. The molecule has 0 atom stereocenters. The lowest BCUT2D eigenvalue weighted by Crippen LogP contribution is -2.15. The van der Waals surface area contributed by atoms with E-state index in [2.05, 4.69) is 20.8 Å². The van der Waals surface area contributed by atoms with Crippen molar-refractivity contribution in [3.8, 4) is 6.07 Å². The van der Waals surface area contributed by atoms with E-state index < -0.39 is 5.91 Å². The van der Waals surface area contributed by atoms with Gasteiger partial charge >= 0.3 is 0 Å². The van der Waals surface area contributed by atoms with Crippen molar-refractivity contribution in [1.82, 2.24) is 10.2 Å². The molecule has 0 saturated heterocycles. The molecule has 3 rings (SSSR count). The van der Waals surface area contributed by atoms with Crippen molar-refractivity contribution in [2.24, 2.45) is 0 Å². The number of carbonyl (C=O) groups excluding carboxylic acids is 1. The van der Waals surface area contributed by atoms with E-state index in [9.17, 15) is 4.79 Å². The Bertz CT molecular complexity index is 966. The van der Waals surface area contributed by atoms with Crippen molar-refractivity contribution in [2.45, 2.75) is 6.54 Å². The first-order chi connectivity index (χ1) is 12.7. The number of benzene rings is 2. The average molecular weight is 364 g/mol. The van der Waals surface area contributed by atoms with Crippen molar-refractivity contribution in [3.05, 3.63) is 82.5 Å². The van der Waals surface area contributed by atoms with E-state index in [0.717, 1.165) is 5.56 Å². The molecule has 0 aliphatic carbocycles. The zero-order valence-corrected chi connectivity index (χ0v) is 14.4. The first-order valence-electron chi connectivity index (χ1n) is 7.78. The van der Waals surface area contributed by atoms with Gasteiger partial charge in [0.25, 0.3) is 5.91 Å². The molecule has 0 unspecified atom stereocenters. The van der Waals surface area contributed by atoms with Gasteiger partial charge in [0.1, 0.15) is 5.82 Å². The van der Waals surface area contributed by atoms with E-state index >= 15 is 0 Å². The number of anilines is 2. The molecule has 1 heterocycles. The minimum Gasteiger partial charge on any atom is -0.364 e. The normalized spacial score (nSPS) is 10.0. The first-order valence-corrected chi connectivity index (χ1v) is 8.16. The average Bonchev–Trinajstić information content (AvgIpc) is 2.68. The van der Waals surface area contributed by atoms with Crippen LogP contribution in [0.3, 0.4) is 0 Å². The summed E-state index contributed by atoms with van der Waals surface area (Å²) in [6.07, 6.45) is 0. The van der Waals surface area contributed by atoms with Gasteiger partial charge in [-0.1, -0.05) is 35.9 Å². The Morgan fingerprint density at radius 1 is 1.08 bits per heavy atom. The van der Waals surface area contributed by atoms with Gasteiger partial charge in [-0.15, -0.1) is 10.2 Å². The smallest absolute Gasteiger partial charge is 0.276 e. The highest BCUT2D eigenvalue weighted by Gasteiger charge is 2.09. The predicted octanol–water partition coefficient (Wildman–Crippen LogP) is 3.87. The summed E-state index contributed by atoms with van der Waals surface area (Å²) in [6, 6.07) is 19.4. The van der Waals surface area contributed by atoms with Gasteiger partial charge in [0.05, 0.1) is 11.6 Å². The highest BCUT2D eigenvalue weighted by Crippen LogP contribution is 2.16. The molecule has 128 valence electrons. The quantitative estimate of drug-likeness (QED) is 0.718. The molecule has 26 heavy (non-hydrogen) atoms. The molecule has 6 nitrogen and oxygen atoms in total. The second-order valence-corrected chi connectivity index (χ2v) is 5.80. The van der Waals surface area contributed by atoms with Gasteiger partial charge in [0.15, 0.2) is 5.69 Å². The van der Waals surface area contributed by atoms with E-state index in [1.807, 2.05) is 30.3 Å². The standard InChI is InChI=1S/C19H14ClN5O/c20-16-7-2-1-5-14(16)12-22-18-9-8-17(24-25-18)19(26)23-15-6-3-4-13(10-15)11-21/h1-10H,12H2,(H,22,25)(H,23,26). The molecule has 0 fully saturated rings. The molecule has 3 aromatic rings. The summed E-state index contributed by atoms with van der Waals surface area (Å²) in [4.78, 5) is 12.2. The minimum atomic E-state index is -0.398. The van der Waals surface area contributed by atoms with Crippen LogP contribution in [0, 0.1) is 11.3 Å². The fraction of sp³-hybridized carbons (Fsp3) is 0.0526. The van der Waals surface area contributed by atoms with Crippen LogP contribution >= 0.6 is 11.6 Å².